The number of aryl methyl sites for hydroxylation is 2. The molecule has 29 heavy (non-hydrogen) atoms. The number of benzene rings is 1. The third-order valence-corrected chi connectivity index (χ3v) is 6.85. The van der Waals surface area contributed by atoms with Gasteiger partial charge in [-0.15, -0.1) is 11.3 Å². The first-order valence-electron chi connectivity index (χ1n) is 10.6. The zero-order valence-corrected chi connectivity index (χ0v) is 18.1. The summed E-state index contributed by atoms with van der Waals surface area (Å²) in [5.74, 6) is 1.03. The molecule has 0 spiro atoms. The lowest BCUT2D eigenvalue weighted by Crippen LogP contribution is -2.38. The highest BCUT2D eigenvalue weighted by Crippen LogP contribution is 2.31. The van der Waals surface area contributed by atoms with Crippen LogP contribution in [0.1, 0.15) is 63.8 Å². The van der Waals surface area contributed by atoms with Crippen molar-refractivity contribution >= 4 is 23.2 Å². The largest absolute Gasteiger partial charge is 0.355 e. The molecule has 1 aliphatic heterocycles. The van der Waals surface area contributed by atoms with Gasteiger partial charge in [0.15, 0.2) is 0 Å². The molecule has 0 unspecified atom stereocenters. The molecule has 1 aromatic heterocycles. The number of carbonyl (C=O) groups excluding carboxylic acids is 2. The third-order valence-electron chi connectivity index (χ3n) is 5.80. The number of hydrogen-bond donors (Lipinski definition) is 1. The van der Waals surface area contributed by atoms with Crippen LogP contribution in [0.4, 0.5) is 0 Å². The molecule has 1 saturated heterocycles. The summed E-state index contributed by atoms with van der Waals surface area (Å²) in [6.07, 6.45) is 4.79. The molecule has 2 aliphatic rings. The second-order valence-electron chi connectivity index (χ2n) is 8.44. The highest BCUT2D eigenvalue weighted by molar-refractivity contribution is 7.09. The summed E-state index contributed by atoms with van der Waals surface area (Å²) in [5.41, 5.74) is 4.12. The highest BCUT2D eigenvalue weighted by Gasteiger charge is 2.29. The number of hydrogen-bond acceptors (Lipinski definition) is 4. The number of thiazole rings is 1. The van der Waals surface area contributed by atoms with Crippen LogP contribution < -0.4 is 5.32 Å². The highest BCUT2D eigenvalue weighted by atomic mass is 32.1. The lowest BCUT2D eigenvalue weighted by atomic mass is 9.96. The van der Waals surface area contributed by atoms with E-state index < -0.39 is 0 Å². The van der Waals surface area contributed by atoms with Crippen LogP contribution in [0, 0.1) is 19.8 Å². The van der Waals surface area contributed by atoms with E-state index in [0.29, 0.717) is 12.5 Å². The number of rotatable bonds is 6. The van der Waals surface area contributed by atoms with Gasteiger partial charge in [0.25, 0.3) is 5.91 Å². The van der Waals surface area contributed by atoms with Gasteiger partial charge in [0.05, 0.1) is 10.7 Å². The molecular formula is C23H29N3O2S. The summed E-state index contributed by atoms with van der Waals surface area (Å²) >= 11 is 1.72. The number of aromatic nitrogens is 1. The van der Waals surface area contributed by atoms with Gasteiger partial charge in [-0.3, -0.25) is 9.59 Å². The number of nitrogens with one attached hydrogen (secondary N) is 1. The Hall–Kier alpha value is -2.21. The predicted octanol–water partition coefficient (Wildman–Crippen LogP) is 3.85. The van der Waals surface area contributed by atoms with E-state index in [1.165, 1.54) is 5.01 Å². The molecule has 2 amide bonds. The van der Waals surface area contributed by atoms with Crippen LogP contribution >= 0.6 is 11.3 Å². The van der Waals surface area contributed by atoms with Crippen molar-refractivity contribution < 1.29 is 9.59 Å². The number of likely N-dealkylation sites (tertiary alicyclic amines) is 1. The minimum absolute atomic E-state index is 0.140. The molecule has 5 nitrogen and oxygen atoms in total. The van der Waals surface area contributed by atoms with Crippen LogP contribution in [-0.4, -0.2) is 41.3 Å². The Bertz CT molecular complexity index is 875. The van der Waals surface area contributed by atoms with Gasteiger partial charge in [-0.05, 0) is 51.7 Å². The molecule has 1 N–H and O–H groups in total. The van der Waals surface area contributed by atoms with Gasteiger partial charge in [-0.2, -0.15) is 0 Å². The van der Waals surface area contributed by atoms with Crippen LogP contribution in [0.2, 0.25) is 0 Å². The second kappa shape index (κ2) is 8.66. The van der Waals surface area contributed by atoms with Crippen molar-refractivity contribution in [1.82, 2.24) is 15.2 Å². The van der Waals surface area contributed by atoms with Crippen molar-refractivity contribution in [3.05, 3.63) is 51.0 Å². The van der Waals surface area contributed by atoms with Gasteiger partial charge < -0.3 is 10.2 Å². The van der Waals surface area contributed by atoms with E-state index >= 15 is 0 Å². The fourth-order valence-electron chi connectivity index (χ4n) is 4.04. The smallest absolute Gasteiger partial charge is 0.253 e. The van der Waals surface area contributed by atoms with Gasteiger partial charge in [0, 0.05) is 48.8 Å². The van der Waals surface area contributed by atoms with E-state index in [9.17, 15) is 9.59 Å². The Morgan fingerprint density at radius 3 is 2.45 bits per heavy atom. The fraction of sp³-hybridized carbons (Fsp3) is 0.522. The molecule has 6 heteroatoms. The lowest BCUT2D eigenvalue weighted by Gasteiger charge is -2.31. The Balaban J connectivity index is 1.27. The standard InChI is InChI=1S/C23H29N3O2S/c1-15-11-16(2)13-19(12-15)23(28)26-9-6-18(7-10-26)22-25-20(14-29-22)5-8-24-21(27)17-3-4-17/h11-14,17-18H,3-10H2,1-2H3,(H,24,27). The van der Waals surface area contributed by atoms with E-state index in [1.807, 2.05) is 30.9 Å². The summed E-state index contributed by atoms with van der Waals surface area (Å²) in [5, 5.41) is 6.29. The van der Waals surface area contributed by atoms with Crippen LogP contribution in [0.25, 0.3) is 0 Å². The van der Waals surface area contributed by atoms with Gasteiger partial charge in [0.2, 0.25) is 5.91 Å². The van der Waals surface area contributed by atoms with Crippen LogP contribution in [0.5, 0.6) is 0 Å². The summed E-state index contributed by atoms with van der Waals surface area (Å²) in [6, 6.07) is 6.06. The fourth-order valence-corrected chi connectivity index (χ4v) is 5.06. The predicted molar refractivity (Wildman–Crippen MR) is 115 cm³/mol. The topological polar surface area (TPSA) is 62.3 Å². The monoisotopic (exact) mass is 411 g/mol. The molecule has 2 aromatic rings. The first kappa shape index (κ1) is 20.1. The van der Waals surface area contributed by atoms with E-state index in [1.54, 1.807) is 11.3 Å². The maximum absolute atomic E-state index is 12.9. The summed E-state index contributed by atoms with van der Waals surface area (Å²) in [6.45, 7) is 6.30. The molecule has 1 aliphatic carbocycles. The Morgan fingerprint density at radius 1 is 1.10 bits per heavy atom. The van der Waals surface area contributed by atoms with E-state index in [4.69, 9.17) is 4.98 Å². The van der Waals surface area contributed by atoms with Gasteiger partial charge in [-0.25, -0.2) is 4.98 Å². The second-order valence-corrected chi connectivity index (χ2v) is 9.32. The van der Waals surface area contributed by atoms with Crippen molar-refractivity contribution in [2.45, 2.75) is 51.9 Å². The van der Waals surface area contributed by atoms with Crippen molar-refractivity contribution in [2.24, 2.45) is 5.92 Å². The molecule has 2 heterocycles. The van der Waals surface area contributed by atoms with Crippen molar-refractivity contribution in [3.8, 4) is 0 Å². The first-order chi connectivity index (χ1) is 14.0. The van der Waals surface area contributed by atoms with Gasteiger partial charge >= 0.3 is 0 Å². The molecule has 1 aromatic carbocycles. The maximum atomic E-state index is 12.9. The normalized spacial score (nSPS) is 17.4. The Morgan fingerprint density at radius 2 is 1.79 bits per heavy atom. The SMILES string of the molecule is Cc1cc(C)cc(C(=O)N2CCC(c3nc(CCNC(=O)C4CC4)cs3)CC2)c1. The Labute approximate surface area is 176 Å². The molecule has 2 fully saturated rings. The zero-order valence-electron chi connectivity index (χ0n) is 17.2. The van der Waals surface area contributed by atoms with Gasteiger partial charge in [-0.1, -0.05) is 17.2 Å². The Kier molecular flexibility index (Phi) is 5.99. The van der Waals surface area contributed by atoms with Crippen molar-refractivity contribution in [2.75, 3.05) is 19.6 Å². The zero-order chi connectivity index (χ0) is 20.4. The molecule has 4 rings (SSSR count). The molecular weight excluding hydrogens is 382 g/mol. The average Bonchev–Trinajstić information content (AvgIpc) is 3.46. The van der Waals surface area contributed by atoms with Crippen molar-refractivity contribution in [3.63, 3.8) is 0 Å². The molecule has 1 saturated carbocycles. The third kappa shape index (κ3) is 5.04. The molecule has 0 radical (unpaired) electrons. The van der Waals surface area contributed by atoms with Crippen molar-refractivity contribution in [1.29, 1.82) is 0 Å². The number of carbonyl (C=O) groups is 2. The minimum atomic E-state index is 0.140. The number of piperidine rings is 1. The first-order valence-corrected chi connectivity index (χ1v) is 11.5. The van der Waals surface area contributed by atoms with Gasteiger partial charge in [0.1, 0.15) is 0 Å². The molecule has 154 valence electrons. The number of amides is 2. The number of nitrogens with zero attached hydrogens (tertiary/aromatic N) is 2. The van der Waals surface area contributed by atoms with Crippen LogP contribution in [-0.2, 0) is 11.2 Å². The quantitative estimate of drug-likeness (QED) is 0.785. The molecule has 0 atom stereocenters. The average molecular weight is 412 g/mol. The van der Waals surface area contributed by atoms with Crippen LogP contribution in [0.3, 0.4) is 0 Å². The van der Waals surface area contributed by atoms with Crippen LogP contribution in [0.15, 0.2) is 23.6 Å². The van der Waals surface area contributed by atoms with E-state index in [2.05, 4.69) is 16.8 Å². The lowest BCUT2D eigenvalue weighted by molar-refractivity contribution is -0.122. The van der Waals surface area contributed by atoms with E-state index in [-0.39, 0.29) is 17.7 Å². The summed E-state index contributed by atoms with van der Waals surface area (Å²) < 4.78 is 0. The van der Waals surface area contributed by atoms with E-state index in [0.717, 1.165) is 67.6 Å². The minimum Gasteiger partial charge on any atom is -0.355 e. The maximum Gasteiger partial charge on any atom is 0.253 e. The summed E-state index contributed by atoms with van der Waals surface area (Å²) in [4.78, 5) is 31.4. The molecule has 0 bridgehead atoms. The summed E-state index contributed by atoms with van der Waals surface area (Å²) in [7, 11) is 0.